The van der Waals surface area contributed by atoms with E-state index in [9.17, 15) is 0 Å². The number of halogens is 1. The fourth-order valence-electron chi connectivity index (χ4n) is 1.42. The molecule has 0 amide bonds. The monoisotopic (exact) mass is 325 g/mol. The van der Waals surface area contributed by atoms with Gasteiger partial charge in [0.1, 0.15) is 5.75 Å². The molecule has 0 heterocycles. The van der Waals surface area contributed by atoms with Crippen LogP contribution in [-0.2, 0) is 6.54 Å². The van der Waals surface area contributed by atoms with E-state index in [4.69, 9.17) is 5.11 Å². The first-order chi connectivity index (χ1) is 7.74. The third kappa shape index (κ3) is 3.13. The lowest BCUT2D eigenvalue weighted by Gasteiger charge is -2.06. The van der Waals surface area contributed by atoms with E-state index in [0.717, 1.165) is 17.8 Å². The Hall–Kier alpha value is -1.23. The second-order valence-corrected chi connectivity index (χ2v) is 4.78. The van der Waals surface area contributed by atoms with Gasteiger partial charge in [-0.25, -0.2) is 0 Å². The van der Waals surface area contributed by atoms with Crippen molar-refractivity contribution in [2.24, 2.45) is 0 Å². The Morgan fingerprint density at radius 2 is 1.81 bits per heavy atom. The molecule has 2 aromatic carbocycles. The lowest BCUT2D eigenvalue weighted by atomic mass is 10.2. The SMILES string of the molecule is Oc1ccc(CNc2cccc(I)c2)cc1. The molecule has 0 unspecified atom stereocenters. The van der Waals surface area contributed by atoms with Gasteiger partial charge in [0.15, 0.2) is 0 Å². The van der Waals surface area contributed by atoms with Crippen LogP contribution in [0.3, 0.4) is 0 Å². The highest BCUT2D eigenvalue weighted by molar-refractivity contribution is 14.1. The van der Waals surface area contributed by atoms with Gasteiger partial charge in [0.25, 0.3) is 0 Å². The van der Waals surface area contributed by atoms with Crippen LogP contribution in [0.4, 0.5) is 5.69 Å². The van der Waals surface area contributed by atoms with Gasteiger partial charge in [0.05, 0.1) is 0 Å². The van der Waals surface area contributed by atoms with Gasteiger partial charge in [-0.15, -0.1) is 0 Å². The Kier molecular flexibility index (Phi) is 3.66. The van der Waals surface area contributed by atoms with Crippen LogP contribution in [0.2, 0.25) is 0 Å². The zero-order valence-electron chi connectivity index (χ0n) is 8.65. The summed E-state index contributed by atoms with van der Waals surface area (Å²) in [4.78, 5) is 0. The molecule has 0 aromatic heterocycles. The maximum absolute atomic E-state index is 9.16. The largest absolute Gasteiger partial charge is 0.508 e. The van der Waals surface area contributed by atoms with E-state index < -0.39 is 0 Å². The van der Waals surface area contributed by atoms with Crippen molar-refractivity contribution in [2.75, 3.05) is 5.32 Å². The summed E-state index contributed by atoms with van der Waals surface area (Å²) in [7, 11) is 0. The molecule has 2 aromatic rings. The van der Waals surface area contributed by atoms with Gasteiger partial charge in [-0.3, -0.25) is 0 Å². The maximum Gasteiger partial charge on any atom is 0.115 e. The van der Waals surface area contributed by atoms with Crippen molar-refractivity contribution >= 4 is 28.3 Å². The summed E-state index contributed by atoms with van der Waals surface area (Å²) >= 11 is 2.29. The number of hydrogen-bond acceptors (Lipinski definition) is 2. The summed E-state index contributed by atoms with van der Waals surface area (Å²) in [6.07, 6.45) is 0. The van der Waals surface area contributed by atoms with Crippen molar-refractivity contribution in [3.8, 4) is 5.75 Å². The van der Waals surface area contributed by atoms with Crippen LogP contribution >= 0.6 is 22.6 Å². The van der Waals surface area contributed by atoms with E-state index in [1.165, 1.54) is 3.57 Å². The van der Waals surface area contributed by atoms with Gasteiger partial charge >= 0.3 is 0 Å². The highest BCUT2D eigenvalue weighted by Crippen LogP contribution is 2.15. The van der Waals surface area contributed by atoms with Crippen LogP contribution in [-0.4, -0.2) is 5.11 Å². The summed E-state index contributed by atoms with van der Waals surface area (Å²) in [6, 6.07) is 15.5. The van der Waals surface area contributed by atoms with E-state index in [0.29, 0.717) is 5.75 Å². The van der Waals surface area contributed by atoms with Gasteiger partial charge in [-0.1, -0.05) is 18.2 Å². The van der Waals surface area contributed by atoms with Crippen molar-refractivity contribution in [3.63, 3.8) is 0 Å². The van der Waals surface area contributed by atoms with E-state index in [2.05, 4.69) is 40.0 Å². The molecule has 2 nitrogen and oxygen atoms in total. The summed E-state index contributed by atoms with van der Waals surface area (Å²) in [5.41, 5.74) is 2.26. The van der Waals surface area contributed by atoms with Gasteiger partial charge < -0.3 is 10.4 Å². The first kappa shape index (κ1) is 11.3. The van der Waals surface area contributed by atoms with Crippen LogP contribution in [0.5, 0.6) is 5.75 Å². The molecular weight excluding hydrogens is 313 g/mol. The molecule has 2 rings (SSSR count). The Morgan fingerprint density at radius 3 is 2.50 bits per heavy atom. The highest BCUT2D eigenvalue weighted by atomic mass is 127. The van der Waals surface area contributed by atoms with Gasteiger partial charge in [-0.05, 0) is 58.5 Å². The van der Waals surface area contributed by atoms with Crippen LogP contribution in [0.1, 0.15) is 5.56 Å². The predicted octanol–water partition coefficient (Wildman–Crippen LogP) is 3.61. The van der Waals surface area contributed by atoms with Crippen LogP contribution in [0.15, 0.2) is 48.5 Å². The Labute approximate surface area is 108 Å². The summed E-state index contributed by atoms with van der Waals surface area (Å²) in [5.74, 6) is 0.304. The molecule has 0 fully saturated rings. The van der Waals surface area contributed by atoms with Crippen molar-refractivity contribution < 1.29 is 5.11 Å². The second kappa shape index (κ2) is 5.21. The molecule has 2 N–H and O–H groups in total. The first-order valence-corrected chi connectivity index (χ1v) is 6.09. The maximum atomic E-state index is 9.16. The van der Waals surface area contributed by atoms with Gasteiger partial charge in [-0.2, -0.15) is 0 Å². The van der Waals surface area contributed by atoms with E-state index >= 15 is 0 Å². The first-order valence-electron chi connectivity index (χ1n) is 5.01. The summed E-state index contributed by atoms with van der Waals surface area (Å²) in [5, 5.41) is 12.5. The topological polar surface area (TPSA) is 32.3 Å². The number of rotatable bonds is 3. The average molecular weight is 325 g/mol. The van der Waals surface area contributed by atoms with Crippen molar-refractivity contribution in [2.45, 2.75) is 6.54 Å². The molecule has 82 valence electrons. The minimum absolute atomic E-state index is 0.304. The minimum atomic E-state index is 0.304. The van der Waals surface area contributed by atoms with Gasteiger partial charge in [0, 0.05) is 15.8 Å². The lowest BCUT2D eigenvalue weighted by Crippen LogP contribution is -1.98. The van der Waals surface area contributed by atoms with Crippen LogP contribution in [0, 0.1) is 3.57 Å². The Balaban J connectivity index is 1.99. The quantitative estimate of drug-likeness (QED) is 0.845. The third-order valence-corrected chi connectivity index (χ3v) is 2.93. The molecule has 0 spiro atoms. The van der Waals surface area contributed by atoms with E-state index in [-0.39, 0.29) is 0 Å². The van der Waals surface area contributed by atoms with Crippen molar-refractivity contribution in [1.82, 2.24) is 0 Å². The number of phenols is 1. The molecule has 0 aliphatic rings. The molecule has 0 saturated carbocycles. The number of anilines is 1. The molecule has 0 aliphatic heterocycles. The highest BCUT2D eigenvalue weighted by Gasteiger charge is 1.95. The molecular formula is C13H12INO. The van der Waals surface area contributed by atoms with Crippen LogP contribution in [0.25, 0.3) is 0 Å². The molecule has 0 radical (unpaired) electrons. The van der Waals surface area contributed by atoms with Gasteiger partial charge in [0.2, 0.25) is 0 Å². The zero-order chi connectivity index (χ0) is 11.4. The summed E-state index contributed by atoms with van der Waals surface area (Å²) < 4.78 is 1.22. The normalized spacial score (nSPS) is 10.1. The number of benzene rings is 2. The number of phenolic OH excluding ortho intramolecular Hbond substituents is 1. The molecule has 0 saturated heterocycles. The molecule has 3 heteroatoms. The minimum Gasteiger partial charge on any atom is -0.508 e. The fourth-order valence-corrected chi connectivity index (χ4v) is 1.96. The second-order valence-electron chi connectivity index (χ2n) is 3.53. The van der Waals surface area contributed by atoms with Crippen molar-refractivity contribution in [1.29, 1.82) is 0 Å². The Morgan fingerprint density at radius 1 is 1.06 bits per heavy atom. The lowest BCUT2D eigenvalue weighted by molar-refractivity contribution is 0.475. The van der Waals surface area contributed by atoms with E-state index in [1.807, 2.05) is 24.3 Å². The molecule has 16 heavy (non-hydrogen) atoms. The smallest absolute Gasteiger partial charge is 0.115 e. The Bertz CT molecular complexity index is 468. The number of hydrogen-bond donors (Lipinski definition) is 2. The van der Waals surface area contributed by atoms with Crippen LogP contribution < -0.4 is 5.32 Å². The molecule has 0 aliphatic carbocycles. The zero-order valence-corrected chi connectivity index (χ0v) is 10.8. The standard InChI is InChI=1S/C13H12INO/c14-11-2-1-3-12(8-11)15-9-10-4-6-13(16)7-5-10/h1-8,15-16H,9H2. The fraction of sp³-hybridized carbons (Fsp3) is 0.0769. The summed E-state index contributed by atoms with van der Waals surface area (Å²) in [6.45, 7) is 0.764. The predicted molar refractivity (Wildman–Crippen MR) is 74.6 cm³/mol. The molecule has 0 atom stereocenters. The third-order valence-electron chi connectivity index (χ3n) is 2.26. The molecule has 0 bridgehead atoms. The number of aromatic hydroxyl groups is 1. The van der Waals surface area contributed by atoms with Crippen molar-refractivity contribution in [3.05, 3.63) is 57.7 Å². The average Bonchev–Trinajstić information content (AvgIpc) is 2.28. The van der Waals surface area contributed by atoms with E-state index in [1.54, 1.807) is 12.1 Å². The number of nitrogens with one attached hydrogen (secondary N) is 1.